The van der Waals surface area contributed by atoms with Crippen LogP contribution < -0.4 is 4.90 Å². The van der Waals surface area contributed by atoms with E-state index in [0.717, 1.165) is 18.6 Å². The second-order valence-electron chi connectivity index (χ2n) is 5.67. The Hall–Kier alpha value is -1.75. The van der Waals surface area contributed by atoms with Gasteiger partial charge in [0.05, 0.1) is 30.4 Å². The molecule has 2 saturated heterocycles. The Kier molecular flexibility index (Phi) is 3.53. The number of carbonyl (C=O) groups is 1. The van der Waals surface area contributed by atoms with E-state index < -0.39 is 5.97 Å². The first-order chi connectivity index (χ1) is 9.63. The molecule has 5 heteroatoms. The van der Waals surface area contributed by atoms with Crippen LogP contribution in [0.3, 0.4) is 0 Å². The smallest absolute Gasteiger partial charge is 0.332 e. The fourth-order valence-corrected chi connectivity index (χ4v) is 3.19. The van der Waals surface area contributed by atoms with Crippen LogP contribution in [0, 0.1) is 5.82 Å². The molecule has 0 aliphatic carbocycles. The summed E-state index contributed by atoms with van der Waals surface area (Å²) in [5.74, 6) is -0.904. The van der Waals surface area contributed by atoms with E-state index in [1.165, 1.54) is 37.1 Å². The van der Waals surface area contributed by atoms with Gasteiger partial charge in [-0.2, -0.15) is 0 Å². The molecule has 2 fully saturated rings. The lowest BCUT2D eigenvalue weighted by Crippen LogP contribution is -3.15. The average molecular weight is 277 g/mol. The van der Waals surface area contributed by atoms with E-state index >= 15 is 0 Å². The summed E-state index contributed by atoms with van der Waals surface area (Å²) in [5.41, 5.74) is 1.29. The van der Waals surface area contributed by atoms with E-state index in [0.29, 0.717) is 17.6 Å². The number of fused-ring (bicyclic) bond motifs is 2. The van der Waals surface area contributed by atoms with E-state index in [9.17, 15) is 9.18 Å². The van der Waals surface area contributed by atoms with Crippen molar-refractivity contribution in [2.75, 3.05) is 7.05 Å². The molecule has 2 atom stereocenters. The molecular formula is C15H18FN2O2+. The molecule has 2 heterocycles. The third-order valence-electron chi connectivity index (χ3n) is 4.45. The summed E-state index contributed by atoms with van der Waals surface area (Å²) in [7, 11) is 2.23. The lowest BCUT2D eigenvalue weighted by Gasteiger charge is -2.28. The Morgan fingerprint density at radius 1 is 1.25 bits per heavy atom. The van der Waals surface area contributed by atoms with Crippen molar-refractivity contribution in [1.82, 2.24) is 0 Å². The fourth-order valence-electron chi connectivity index (χ4n) is 3.19. The number of nitrogens with one attached hydrogen (secondary N) is 1. The lowest BCUT2D eigenvalue weighted by molar-refractivity contribution is -0.917. The summed E-state index contributed by atoms with van der Waals surface area (Å²) in [5, 5.41) is 4.02. The Balaban J connectivity index is 1.63. The molecule has 1 aromatic carbocycles. The van der Waals surface area contributed by atoms with Gasteiger partial charge in [0, 0.05) is 25.7 Å². The van der Waals surface area contributed by atoms with Crippen molar-refractivity contribution < 1.29 is 18.9 Å². The minimum Gasteiger partial charge on any atom is -0.332 e. The van der Waals surface area contributed by atoms with Gasteiger partial charge in [-0.05, 0) is 24.3 Å². The number of oxime groups is 1. The fraction of sp³-hybridized carbons (Fsp3) is 0.467. The highest BCUT2D eigenvalue weighted by Crippen LogP contribution is 2.20. The van der Waals surface area contributed by atoms with Crippen LogP contribution in [0.1, 0.15) is 36.0 Å². The van der Waals surface area contributed by atoms with Crippen molar-refractivity contribution in [3.63, 3.8) is 0 Å². The molecular weight excluding hydrogens is 259 g/mol. The van der Waals surface area contributed by atoms with E-state index in [4.69, 9.17) is 4.84 Å². The summed E-state index contributed by atoms with van der Waals surface area (Å²) in [6, 6.07) is 6.50. The van der Waals surface area contributed by atoms with Gasteiger partial charge in [0.2, 0.25) is 0 Å². The van der Waals surface area contributed by atoms with Crippen LogP contribution in [0.5, 0.6) is 0 Å². The van der Waals surface area contributed by atoms with E-state index in [1.54, 1.807) is 4.90 Å². The molecule has 2 unspecified atom stereocenters. The molecule has 2 aliphatic rings. The molecule has 1 N–H and O–H groups in total. The molecule has 0 amide bonds. The van der Waals surface area contributed by atoms with E-state index in [1.807, 2.05) is 0 Å². The number of benzene rings is 1. The average Bonchev–Trinajstić information content (AvgIpc) is 2.66. The molecule has 106 valence electrons. The van der Waals surface area contributed by atoms with Crippen LogP contribution in [-0.4, -0.2) is 30.8 Å². The van der Waals surface area contributed by atoms with Crippen LogP contribution in [-0.2, 0) is 4.84 Å². The number of hydrogen-bond donors (Lipinski definition) is 1. The maximum absolute atomic E-state index is 12.8. The predicted molar refractivity (Wildman–Crippen MR) is 72.2 cm³/mol. The summed E-state index contributed by atoms with van der Waals surface area (Å²) in [4.78, 5) is 18.3. The Bertz CT molecular complexity index is 525. The topological polar surface area (TPSA) is 43.1 Å². The summed E-state index contributed by atoms with van der Waals surface area (Å²) in [6.07, 6.45) is 4.25. The van der Waals surface area contributed by atoms with Gasteiger partial charge in [0.15, 0.2) is 0 Å². The zero-order valence-corrected chi connectivity index (χ0v) is 11.4. The molecule has 0 radical (unpaired) electrons. The highest BCUT2D eigenvalue weighted by atomic mass is 19.1. The van der Waals surface area contributed by atoms with Gasteiger partial charge in [-0.3, -0.25) is 0 Å². The Morgan fingerprint density at radius 2 is 1.85 bits per heavy atom. The number of quaternary nitrogens is 1. The highest BCUT2D eigenvalue weighted by molar-refractivity contribution is 5.91. The third kappa shape index (κ3) is 2.58. The Labute approximate surface area is 117 Å². The summed E-state index contributed by atoms with van der Waals surface area (Å²) >= 11 is 0. The molecule has 4 nitrogen and oxygen atoms in total. The summed E-state index contributed by atoms with van der Waals surface area (Å²) in [6.45, 7) is 0. The number of carbonyl (C=O) groups excluding carboxylic acids is 1. The number of halogens is 1. The van der Waals surface area contributed by atoms with Crippen LogP contribution in [0.15, 0.2) is 29.4 Å². The van der Waals surface area contributed by atoms with Gasteiger partial charge in [-0.1, -0.05) is 5.16 Å². The van der Waals surface area contributed by atoms with E-state index in [-0.39, 0.29) is 5.82 Å². The van der Waals surface area contributed by atoms with Gasteiger partial charge in [-0.15, -0.1) is 0 Å². The molecule has 1 aromatic rings. The van der Waals surface area contributed by atoms with Gasteiger partial charge in [0.25, 0.3) is 0 Å². The normalized spacial score (nSPS) is 28.3. The second-order valence-corrected chi connectivity index (χ2v) is 5.67. The van der Waals surface area contributed by atoms with Gasteiger partial charge < -0.3 is 9.74 Å². The van der Waals surface area contributed by atoms with Crippen LogP contribution in [0.2, 0.25) is 0 Å². The minimum absolute atomic E-state index is 0.317. The zero-order valence-electron chi connectivity index (χ0n) is 11.4. The van der Waals surface area contributed by atoms with Crippen molar-refractivity contribution in [3.8, 4) is 0 Å². The van der Waals surface area contributed by atoms with Crippen molar-refractivity contribution in [1.29, 1.82) is 0 Å². The number of hydrogen-bond acceptors (Lipinski definition) is 3. The van der Waals surface area contributed by atoms with Crippen LogP contribution in [0.4, 0.5) is 4.39 Å². The van der Waals surface area contributed by atoms with Crippen molar-refractivity contribution >= 4 is 11.7 Å². The number of piperidine rings is 1. The predicted octanol–water partition coefficient (Wildman–Crippen LogP) is 1.18. The third-order valence-corrected chi connectivity index (χ3v) is 4.45. The quantitative estimate of drug-likeness (QED) is 0.651. The first kappa shape index (κ1) is 13.2. The van der Waals surface area contributed by atoms with Gasteiger partial charge in [0.1, 0.15) is 5.82 Å². The number of rotatable bonds is 2. The van der Waals surface area contributed by atoms with Crippen molar-refractivity contribution in [2.24, 2.45) is 5.16 Å². The van der Waals surface area contributed by atoms with Crippen molar-refractivity contribution in [3.05, 3.63) is 35.6 Å². The van der Waals surface area contributed by atoms with Gasteiger partial charge in [-0.25, -0.2) is 9.18 Å². The van der Waals surface area contributed by atoms with Crippen LogP contribution >= 0.6 is 0 Å². The monoisotopic (exact) mass is 277 g/mol. The minimum atomic E-state index is -0.531. The lowest BCUT2D eigenvalue weighted by atomic mass is 10.0. The molecule has 20 heavy (non-hydrogen) atoms. The maximum Gasteiger partial charge on any atom is 0.365 e. The first-order valence-electron chi connectivity index (χ1n) is 6.99. The Morgan fingerprint density at radius 3 is 2.45 bits per heavy atom. The first-order valence-corrected chi connectivity index (χ1v) is 6.99. The molecule has 0 aromatic heterocycles. The van der Waals surface area contributed by atoms with Crippen molar-refractivity contribution in [2.45, 2.75) is 37.8 Å². The number of nitrogens with zero attached hydrogens (tertiary/aromatic N) is 1. The SMILES string of the molecule is C[NH+]1C2CCC1CC(=NOC(=O)c1ccc(F)cc1)C2. The second kappa shape index (κ2) is 5.32. The molecule has 0 spiro atoms. The molecule has 2 aliphatic heterocycles. The van der Waals surface area contributed by atoms with Crippen LogP contribution in [0.25, 0.3) is 0 Å². The summed E-state index contributed by atoms with van der Waals surface area (Å²) < 4.78 is 12.8. The molecule has 2 bridgehead atoms. The van der Waals surface area contributed by atoms with Gasteiger partial charge >= 0.3 is 5.97 Å². The van der Waals surface area contributed by atoms with E-state index in [2.05, 4.69) is 12.2 Å². The molecule has 3 rings (SSSR count). The largest absolute Gasteiger partial charge is 0.365 e. The standard InChI is InChI=1S/C15H17FN2O2/c1-18-13-6-7-14(18)9-12(8-13)17-20-15(19)10-2-4-11(16)5-3-10/h2-5,13-14H,6-9H2,1H3/p+1. The molecule has 0 saturated carbocycles. The zero-order chi connectivity index (χ0) is 14.1. The maximum atomic E-state index is 12.8. The highest BCUT2D eigenvalue weighted by Gasteiger charge is 2.41.